The summed E-state index contributed by atoms with van der Waals surface area (Å²) in [6, 6.07) is 4.03. The Morgan fingerprint density at radius 3 is 2.32 bits per heavy atom. The first kappa shape index (κ1) is 13.2. The van der Waals surface area contributed by atoms with Gasteiger partial charge in [0.1, 0.15) is 17.1 Å². The molecule has 1 saturated heterocycles. The summed E-state index contributed by atoms with van der Waals surface area (Å²) in [5.74, 6) is -1.44. The molecule has 0 radical (unpaired) electrons. The van der Waals surface area contributed by atoms with E-state index in [2.05, 4.69) is 5.32 Å². The first-order chi connectivity index (χ1) is 9.09. The Hall–Kier alpha value is -2.24. The molecule has 1 heterocycles. The van der Waals surface area contributed by atoms with E-state index in [9.17, 15) is 19.8 Å². The van der Waals surface area contributed by atoms with Crippen LogP contribution in [0.15, 0.2) is 18.2 Å². The van der Waals surface area contributed by atoms with Gasteiger partial charge in [-0.3, -0.25) is 9.59 Å². The van der Waals surface area contributed by atoms with E-state index in [4.69, 9.17) is 0 Å². The Morgan fingerprint density at radius 1 is 1.16 bits per heavy atom. The number of likely N-dealkylation sites (tertiary alicyclic amines) is 1. The quantitative estimate of drug-likeness (QED) is 0.739. The number of hydrogen-bond acceptors (Lipinski definition) is 4. The van der Waals surface area contributed by atoms with Crippen molar-refractivity contribution in [2.45, 2.75) is 12.8 Å². The van der Waals surface area contributed by atoms with Crippen LogP contribution in [0.3, 0.4) is 0 Å². The molecule has 1 aromatic carbocycles. The van der Waals surface area contributed by atoms with Crippen LogP contribution in [0.25, 0.3) is 0 Å². The van der Waals surface area contributed by atoms with Crippen molar-refractivity contribution in [1.29, 1.82) is 0 Å². The fourth-order valence-corrected chi connectivity index (χ4v) is 2.08. The zero-order chi connectivity index (χ0) is 13.8. The summed E-state index contributed by atoms with van der Waals surface area (Å²) in [5, 5.41) is 21.5. The number of carbonyl (C=O) groups excluding carboxylic acids is 2. The van der Waals surface area contributed by atoms with Crippen LogP contribution in [0.4, 0.5) is 0 Å². The highest BCUT2D eigenvalue weighted by Gasteiger charge is 2.20. The van der Waals surface area contributed by atoms with E-state index in [1.807, 2.05) is 0 Å². The minimum absolute atomic E-state index is 0.132. The Kier molecular flexibility index (Phi) is 3.89. The van der Waals surface area contributed by atoms with Crippen molar-refractivity contribution < 1.29 is 19.8 Å². The van der Waals surface area contributed by atoms with Gasteiger partial charge in [0.2, 0.25) is 5.91 Å². The number of benzene rings is 1. The van der Waals surface area contributed by atoms with E-state index in [0.717, 1.165) is 25.9 Å². The van der Waals surface area contributed by atoms with Gasteiger partial charge in [0, 0.05) is 13.1 Å². The van der Waals surface area contributed by atoms with Gasteiger partial charge in [0.15, 0.2) is 0 Å². The van der Waals surface area contributed by atoms with Gasteiger partial charge >= 0.3 is 0 Å². The lowest BCUT2D eigenvalue weighted by Crippen LogP contribution is -2.38. The molecule has 0 aromatic heterocycles. The molecule has 1 aromatic rings. The number of hydrogen-bond donors (Lipinski definition) is 3. The number of nitrogens with zero attached hydrogens (tertiary/aromatic N) is 1. The van der Waals surface area contributed by atoms with Crippen molar-refractivity contribution >= 4 is 11.8 Å². The standard InChI is InChI=1S/C13H16N2O4/c16-9-4-3-5-10(17)12(9)13(19)14-8-11(18)15-6-1-2-7-15/h3-5,16-17H,1-2,6-8H2,(H,14,19). The molecule has 2 amide bonds. The summed E-state index contributed by atoms with van der Waals surface area (Å²) in [4.78, 5) is 25.2. The maximum Gasteiger partial charge on any atom is 0.259 e. The second-order valence-corrected chi connectivity index (χ2v) is 4.44. The van der Waals surface area contributed by atoms with Crippen molar-refractivity contribution in [3.8, 4) is 11.5 Å². The third-order valence-corrected chi connectivity index (χ3v) is 3.11. The Balaban J connectivity index is 1.96. The molecule has 0 atom stereocenters. The fraction of sp³-hybridized carbons (Fsp3) is 0.385. The highest BCUT2D eigenvalue weighted by Crippen LogP contribution is 2.25. The van der Waals surface area contributed by atoms with Crippen LogP contribution in [0.2, 0.25) is 0 Å². The first-order valence-electron chi connectivity index (χ1n) is 6.16. The molecule has 3 N–H and O–H groups in total. The monoisotopic (exact) mass is 264 g/mol. The van der Waals surface area contributed by atoms with Gasteiger partial charge in [-0.1, -0.05) is 6.07 Å². The zero-order valence-electron chi connectivity index (χ0n) is 10.4. The molecule has 0 spiro atoms. The number of aromatic hydroxyl groups is 2. The van der Waals surface area contributed by atoms with E-state index >= 15 is 0 Å². The second-order valence-electron chi connectivity index (χ2n) is 4.44. The van der Waals surface area contributed by atoms with Gasteiger partial charge in [0.05, 0.1) is 6.54 Å². The van der Waals surface area contributed by atoms with Gasteiger partial charge in [-0.2, -0.15) is 0 Å². The number of phenols is 2. The second kappa shape index (κ2) is 5.60. The van der Waals surface area contributed by atoms with Crippen LogP contribution >= 0.6 is 0 Å². The summed E-state index contributed by atoms with van der Waals surface area (Å²) < 4.78 is 0. The molecule has 1 aliphatic rings. The number of carbonyl (C=O) groups is 2. The SMILES string of the molecule is O=C(NCC(=O)N1CCCC1)c1c(O)cccc1O. The maximum absolute atomic E-state index is 11.8. The van der Waals surface area contributed by atoms with E-state index in [1.54, 1.807) is 4.90 Å². The summed E-state index contributed by atoms with van der Waals surface area (Å²) in [6.45, 7) is 1.31. The minimum atomic E-state index is -0.664. The van der Waals surface area contributed by atoms with E-state index in [-0.39, 0.29) is 29.5 Å². The predicted octanol–water partition coefficient (Wildman–Crippen LogP) is 0.450. The third kappa shape index (κ3) is 2.96. The topological polar surface area (TPSA) is 89.9 Å². The van der Waals surface area contributed by atoms with Crippen molar-refractivity contribution in [3.05, 3.63) is 23.8 Å². The smallest absolute Gasteiger partial charge is 0.259 e. The Bertz CT molecular complexity index is 475. The molecule has 19 heavy (non-hydrogen) atoms. The molecule has 1 fully saturated rings. The van der Waals surface area contributed by atoms with Crippen LogP contribution in [0.1, 0.15) is 23.2 Å². The largest absolute Gasteiger partial charge is 0.507 e. The first-order valence-corrected chi connectivity index (χ1v) is 6.16. The molecule has 0 unspecified atom stereocenters. The van der Waals surface area contributed by atoms with Gasteiger partial charge < -0.3 is 20.4 Å². The molecular weight excluding hydrogens is 248 g/mol. The number of rotatable bonds is 3. The van der Waals surface area contributed by atoms with Gasteiger partial charge in [-0.25, -0.2) is 0 Å². The molecule has 0 bridgehead atoms. The molecule has 102 valence electrons. The van der Waals surface area contributed by atoms with Gasteiger partial charge in [-0.05, 0) is 25.0 Å². The summed E-state index contributed by atoms with van der Waals surface area (Å²) in [7, 11) is 0. The molecule has 0 saturated carbocycles. The summed E-state index contributed by atoms with van der Waals surface area (Å²) in [5.41, 5.74) is -0.211. The summed E-state index contributed by atoms with van der Waals surface area (Å²) >= 11 is 0. The summed E-state index contributed by atoms with van der Waals surface area (Å²) in [6.07, 6.45) is 1.97. The Labute approximate surface area is 110 Å². The highest BCUT2D eigenvalue weighted by molar-refractivity contribution is 6.00. The van der Waals surface area contributed by atoms with Crippen molar-refractivity contribution in [2.24, 2.45) is 0 Å². The number of phenolic OH excluding ortho intramolecular Hbond substituents is 2. The number of amides is 2. The molecule has 6 nitrogen and oxygen atoms in total. The molecule has 0 aliphatic carbocycles. The maximum atomic E-state index is 11.8. The molecule has 2 rings (SSSR count). The van der Waals surface area contributed by atoms with Crippen LogP contribution in [0.5, 0.6) is 11.5 Å². The van der Waals surface area contributed by atoms with E-state index in [1.165, 1.54) is 18.2 Å². The average Bonchev–Trinajstić information content (AvgIpc) is 2.89. The Morgan fingerprint density at radius 2 is 1.74 bits per heavy atom. The zero-order valence-corrected chi connectivity index (χ0v) is 10.4. The lowest BCUT2D eigenvalue weighted by Gasteiger charge is -2.15. The fourth-order valence-electron chi connectivity index (χ4n) is 2.08. The molecule has 6 heteroatoms. The van der Waals surface area contributed by atoms with Crippen molar-refractivity contribution in [3.63, 3.8) is 0 Å². The van der Waals surface area contributed by atoms with Crippen LogP contribution in [-0.2, 0) is 4.79 Å². The van der Waals surface area contributed by atoms with Crippen molar-refractivity contribution in [1.82, 2.24) is 10.2 Å². The van der Waals surface area contributed by atoms with Crippen LogP contribution in [-0.4, -0.2) is 46.6 Å². The van der Waals surface area contributed by atoms with Gasteiger partial charge in [-0.15, -0.1) is 0 Å². The predicted molar refractivity (Wildman–Crippen MR) is 67.9 cm³/mol. The lowest BCUT2D eigenvalue weighted by atomic mass is 10.1. The molecule has 1 aliphatic heterocycles. The lowest BCUT2D eigenvalue weighted by molar-refractivity contribution is -0.129. The normalized spacial score (nSPS) is 14.4. The van der Waals surface area contributed by atoms with Crippen LogP contribution in [0, 0.1) is 0 Å². The third-order valence-electron chi connectivity index (χ3n) is 3.11. The van der Waals surface area contributed by atoms with E-state index in [0.29, 0.717) is 0 Å². The minimum Gasteiger partial charge on any atom is -0.507 e. The van der Waals surface area contributed by atoms with E-state index < -0.39 is 5.91 Å². The molecular formula is C13H16N2O4. The average molecular weight is 264 g/mol. The van der Waals surface area contributed by atoms with Crippen LogP contribution < -0.4 is 5.32 Å². The highest BCUT2D eigenvalue weighted by atomic mass is 16.3. The van der Waals surface area contributed by atoms with Gasteiger partial charge in [0.25, 0.3) is 5.91 Å². The number of nitrogens with one attached hydrogen (secondary N) is 1. The van der Waals surface area contributed by atoms with Crippen molar-refractivity contribution in [2.75, 3.05) is 19.6 Å².